The summed E-state index contributed by atoms with van der Waals surface area (Å²) in [4.78, 5) is 25.9. The van der Waals surface area contributed by atoms with E-state index in [1.807, 2.05) is 4.90 Å². The summed E-state index contributed by atoms with van der Waals surface area (Å²) in [6.45, 7) is 0.971. The van der Waals surface area contributed by atoms with Gasteiger partial charge in [-0.3, -0.25) is 4.79 Å². The van der Waals surface area contributed by atoms with Crippen molar-refractivity contribution in [2.24, 2.45) is 0 Å². The van der Waals surface area contributed by atoms with Crippen molar-refractivity contribution in [3.05, 3.63) is 51.7 Å². The highest BCUT2D eigenvalue weighted by Crippen LogP contribution is 2.26. The second kappa shape index (κ2) is 10.3. The van der Waals surface area contributed by atoms with E-state index >= 15 is 0 Å². The quantitative estimate of drug-likeness (QED) is 0.539. The van der Waals surface area contributed by atoms with E-state index in [9.17, 15) is 22.4 Å². The van der Waals surface area contributed by atoms with Gasteiger partial charge in [-0.25, -0.2) is 27.4 Å². The molecule has 0 radical (unpaired) electrons. The van der Waals surface area contributed by atoms with Gasteiger partial charge in [0.2, 0.25) is 10.0 Å². The van der Waals surface area contributed by atoms with E-state index in [0.29, 0.717) is 50.9 Å². The monoisotopic (exact) mass is 513 g/mol. The SMILES string of the molecule is O=C(N[C@H]1CC[C@@H](NS(=O)(=O)c2ccc(F)cc2)CC1)O[C@@H]1CCN(c2cn[nH]c(=O)c2Cl)C1. The first-order valence-electron chi connectivity index (χ1n) is 10.9. The fourth-order valence-electron chi connectivity index (χ4n) is 4.25. The number of halogens is 2. The van der Waals surface area contributed by atoms with Crippen molar-refractivity contribution >= 4 is 33.4 Å². The number of nitrogens with zero attached hydrogens (tertiary/aromatic N) is 2. The van der Waals surface area contributed by atoms with Gasteiger partial charge in [-0.1, -0.05) is 11.6 Å². The van der Waals surface area contributed by atoms with Gasteiger partial charge in [0.1, 0.15) is 16.9 Å². The fourth-order valence-corrected chi connectivity index (χ4v) is 5.76. The van der Waals surface area contributed by atoms with Crippen molar-refractivity contribution in [2.45, 2.75) is 55.2 Å². The van der Waals surface area contributed by atoms with Crippen LogP contribution in [0.5, 0.6) is 0 Å². The van der Waals surface area contributed by atoms with E-state index in [1.165, 1.54) is 18.3 Å². The minimum absolute atomic E-state index is 0.0144. The van der Waals surface area contributed by atoms with Crippen LogP contribution in [0, 0.1) is 5.82 Å². The van der Waals surface area contributed by atoms with Crippen molar-refractivity contribution in [3.8, 4) is 0 Å². The maximum absolute atomic E-state index is 13.1. The summed E-state index contributed by atoms with van der Waals surface area (Å²) in [7, 11) is -3.74. The van der Waals surface area contributed by atoms with Crippen LogP contribution in [0.4, 0.5) is 14.9 Å². The zero-order valence-electron chi connectivity index (χ0n) is 18.2. The van der Waals surface area contributed by atoms with Crippen molar-refractivity contribution in [3.63, 3.8) is 0 Å². The van der Waals surface area contributed by atoms with Crippen LogP contribution in [-0.4, -0.2) is 56.0 Å². The number of rotatable bonds is 6. The molecule has 1 amide bonds. The molecule has 2 aromatic rings. The second-order valence-electron chi connectivity index (χ2n) is 8.43. The summed E-state index contributed by atoms with van der Waals surface area (Å²) in [5, 5.41) is 8.93. The summed E-state index contributed by atoms with van der Waals surface area (Å²) in [6.07, 6.45) is 3.47. The molecule has 1 saturated heterocycles. The lowest BCUT2D eigenvalue weighted by Crippen LogP contribution is -2.44. The van der Waals surface area contributed by atoms with Crippen molar-refractivity contribution in [1.29, 1.82) is 0 Å². The summed E-state index contributed by atoms with van der Waals surface area (Å²) >= 11 is 6.05. The number of hydrogen-bond donors (Lipinski definition) is 3. The van der Waals surface area contributed by atoms with Gasteiger partial charge in [-0.15, -0.1) is 0 Å². The van der Waals surface area contributed by atoms with Crippen LogP contribution in [0.1, 0.15) is 32.1 Å². The highest BCUT2D eigenvalue weighted by molar-refractivity contribution is 7.89. The molecule has 10 nitrogen and oxygen atoms in total. The highest BCUT2D eigenvalue weighted by Gasteiger charge is 2.30. The Bertz CT molecular complexity index is 1180. The molecule has 34 heavy (non-hydrogen) atoms. The largest absolute Gasteiger partial charge is 0.444 e. The molecule has 1 aliphatic carbocycles. The number of alkyl carbamates (subject to hydrolysis) is 1. The molecule has 1 saturated carbocycles. The summed E-state index contributed by atoms with van der Waals surface area (Å²) in [5.41, 5.74) is 0.0233. The highest BCUT2D eigenvalue weighted by atomic mass is 35.5. The van der Waals surface area contributed by atoms with Gasteiger partial charge >= 0.3 is 6.09 Å². The van der Waals surface area contributed by atoms with Crippen LogP contribution in [-0.2, 0) is 14.8 Å². The number of carbonyl (C=O) groups excluding carboxylic acids is 1. The zero-order chi connectivity index (χ0) is 24.3. The lowest BCUT2D eigenvalue weighted by molar-refractivity contribution is 0.102. The number of nitrogens with one attached hydrogen (secondary N) is 3. The Labute approximate surface area is 200 Å². The molecule has 13 heteroatoms. The van der Waals surface area contributed by atoms with E-state index in [4.69, 9.17) is 16.3 Å². The van der Waals surface area contributed by atoms with Crippen molar-refractivity contribution in [2.75, 3.05) is 18.0 Å². The zero-order valence-corrected chi connectivity index (χ0v) is 19.7. The number of carbonyl (C=O) groups is 1. The van der Waals surface area contributed by atoms with Gasteiger partial charge in [0.25, 0.3) is 5.56 Å². The van der Waals surface area contributed by atoms with Crippen LogP contribution < -0.4 is 20.5 Å². The van der Waals surface area contributed by atoms with E-state index in [-0.39, 0.29) is 28.1 Å². The summed E-state index contributed by atoms with van der Waals surface area (Å²) in [6, 6.07) is 4.28. The molecule has 0 bridgehead atoms. The molecule has 2 fully saturated rings. The average Bonchev–Trinajstić information content (AvgIpc) is 3.25. The molecule has 0 unspecified atom stereocenters. The molecular formula is C21H25ClFN5O5S. The molecule has 1 aliphatic heterocycles. The maximum Gasteiger partial charge on any atom is 0.407 e. The standard InChI is InChI=1S/C21H25ClFN5O5S/c22-19-18(11-24-26-20(19)29)28-10-9-16(12-28)33-21(30)25-14-3-5-15(6-4-14)27-34(31,32)17-7-1-13(23)2-8-17/h1-2,7-8,11,14-16,27H,3-6,9-10,12H2,(H,25,30)(H,26,29)/t14-,15+,16-/m1/s1. The molecule has 1 atom stereocenters. The normalized spacial score (nSPS) is 23.0. The molecule has 1 aromatic carbocycles. The van der Waals surface area contributed by atoms with E-state index in [1.54, 1.807) is 0 Å². The number of hydrogen-bond acceptors (Lipinski definition) is 7. The first-order valence-corrected chi connectivity index (χ1v) is 12.8. The van der Waals surface area contributed by atoms with Crippen LogP contribution in [0.15, 0.2) is 40.2 Å². The van der Waals surface area contributed by atoms with Crippen LogP contribution >= 0.6 is 11.6 Å². The lowest BCUT2D eigenvalue weighted by atomic mass is 9.92. The molecule has 2 heterocycles. The van der Waals surface area contributed by atoms with Gasteiger partial charge in [-0.05, 0) is 49.9 Å². The third-order valence-corrected chi connectivity index (χ3v) is 7.93. The van der Waals surface area contributed by atoms with Crippen molar-refractivity contribution in [1.82, 2.24) is 20.2 Å². The number of ether oxygens (including phenoxy) is 1. The number of aromatic amines is 1. The smallest absolute Gasteiger partial charge is 0.407 e. The number of H-pyrrole nitrogens is 1. The Morgan fingerprint density at radius 1 is 1.15 bits per heavy atom. The third kappa shape index (κ3) is 5.86. The first kappa shape index (κ1) is 24.4. The Balaban J connectivity index is 1.22. The van der Waals surface area contributed by atoms with Crippen molar-refractivity contribution < 1.29 is 22.3 Å². The van der Waals surface area contributed by atoms with Gasteiger partial charge in [0.05, 0.1) is 23.3 Å². The third-order valence-electron chi connectivity index (χ3n) is 6.03. The molecule has 0 spiro atoms. The van der Waals surface area contributed by atoms with Gasteiger partial charge in [0, 0.05) is 25.0 Å². The lowest BCUT2D eigenvalue weighted by Gasteiger charge is -2.29. The Kier molecular flexibility index (Phi) is 7.39. The predicted molar refractivity (Wildman–Crippen MR) is 123 cm³/mol. The molecule has 2 aliphatic rings. The molecule has 4 rings (SSSR count). The van der Waals surface area contributed by atoms with Gasteiger partial charge < -0.3 is 15.0 Å². The topological polar surface area (TPSA) is 133 Å². The predicted octanol–water partition coefficient (Wildman–Crippen LogP) is 2.16. The minimum atomic E-state index is -3.74. The van der Waals surface area contributed by atoms with E-state index in [2.05, 4.69) is 20.2 Å². The number of anilines is 1. The number of sulfonamides is 1. The second-order valence-corrected chi connectivity index (χ2v) is 10.5. The maximum atomic E-state index is 13.1. The Morgan fingerprint density at radius 2 is 1.82 bits per heavy atom. The molecule has 1 aromatic heterocycles. The van der Waals surface area contributed by atoms with Gasteiger partial charge in [-0.2, -0.15) is 5.10 Å². The van der Waals surface area contributed by atoms with Crippen LogP contribution in [0.3, 0.4) is 0 Å². The van der Waals surface area contributed by atoms with E-state index in [0.717, 1.165) is 12.1 Å². The number of aromatic nitrogens is 2. The molecule has 3 N–H and O–H groups in total. The minimum Gasteiger partial charge on any atom is -0.444 e. The first-order chi connectivity index (χ1) is 16.2. The van der Waals surface area contributed by atoms with Crippen LogP contribution in [0.2, 0.25) is 5.02 Å². The summed E-state index contributed by atoms with van der Waals surface area (Å²) in [5.74, 6) is -0.501. The Morgan fingerprint density at radius 3 is 2.53 bits per heavy atom. The van der Waals surface area contributed by atoms with Gasteiger partial charge in [0.15, 0.2) is 0 Å². The number of amides is 1. The molecule has 184 valence electrons. The van der Waals surface area contributed by atoms with Crippen LogP contribution in [0.25, 0.3) is 0 Å². The Hall–Kier alpha value is -2.70. The number of benzene rings is 1. The average molecular weight is 514 g/mol. The fraction of sp³-hybridized carbons (Fsp3) is 0.476. The summed E-state index contributed by atoms with van der Waals surface area (Å²) < 4.78 is 46.2. The van der Waals surface area contributed by atoms with E-state index < -0.39 is 27.5 Å². The molecular weight excluding hydrogens is 489 g/mol.